The van der Waals surface area contributed by atoms with Gasteiger partial charge < -0.3 is 25.4 Å². The molecule has 0 saturated heterocycles. The number of hydrogen-bond acceptors (Lipinski definition) is 6. The largest absolute Gasteiger partial charge is 0.508 e. The summed E-state index contributed by atoms with van der Waals surface area (Å²) in [6.07, 6.45) is 2.24. The van der Waals surface area contributed by atoms with Crippen LogP contribution in [0.4, 0.5) is 4.79 Å². The molecular weight excluding hydrogens is 466 g/mol. The number of thioether (sulfide) groups is 1. The normalized spacial score (nSPS) is 14.4. The highest BCUT2D eigenvalue weighted by molar-refractivity contribution is 7.98. The molecule has 0 radical (unpaired) electrons. The predicted molar refractivity (Wildman–Crippen MR) is 141 cm³/mol. The number of carbonyl (C=O) groups excluding carboxylic acids is 3. The second-order valence-electron chi connectivity index (χ2n) is 10.7. The summed E-state index contributed by atoms with van der Waals surface area (Å²) in [6, 6.07) is 4.16. The summed E-state index contributed by atoms with van der Waals surface area (Å²) < 4.78 is 5.40. The molecule has 3 unspecified atom stereocenters. The summed E-state index contributed by atoms with van der Waals surface area (Å²) in [5, 5.41) is 15.5. The SMILES string of the molecule is CCC(C)N(C(=O)C(CCSC)NC(=O)OC(C)(C)C)C(C(=O)NC(C)(C)C)c1ccc(O)cc1. The fourth-order valence-corrected chi connectivity index (χ4v) is 3.92. The molecule has 0 aromatic heterocycles. The minimum absolute atomic E-state index is 0.0644. The Morgan fingerprint density at radius 3 is 2.11 bits per heavy atom. The lowest BCUT2D eigenvalue weighted by atomic mass is 9.98. The van der Waals surface area contributed by atoms with Crippen molar-refractivity contribution in [3.63, 3.8) is 0 Å². The molecule has 1 aromatic rings. The molecule has 0 fully saturated rings. The molecule has 35 heavy (non-hydrogen) atoms. The van der Waals surface area contributed by atoms with E-state index in [4.69, 9.17) is 4.74 Å². The van der Waals surface area contributed by atoms with Crippen molar-refractivity contribution >= 4 is 29.7 Å². The summed E-state index contributed by atoms with van der Waals surface area (Å²) in [5.41, 5.74) is -0.669. The predicted octanol–water partition coefficient (Wildman–Crippen LogP) is 4.62. The molecule has 0 heterocycles. The maximum Gasteiger partial charge on any atom is 0.408 e. The van der Waals surface area contributed by atoms with E-state index >= 15 is 0 Å². The van der Waals surface area contributed by atoms with Crippen LogP contribution in [0.3, 0.4) is 0 Å². The number of phenols is 1. The van der Waals surface area contributed by atoms with Crippen molar-refractivity contribution in [3.05, 3.63) is 29.8 Å². The Kier molecular flexibility index (Phi) is 11.4. The molecule has 0 saturated carbocycles. The highest BCUT2D eigenvalue weighted by atomic mass is 32.2. The van der Waals surface area contributed by atoms with Crippen molar-refractivity contribution in [1.82, 2.24) is 15.5 Å². The number of ether oxygens (including phenoxy) is 1. The first kappa shape index (κ1) is 30.6. The van der Waals surface area contributed by atoms with Crippen LogP contribution < -0.4 is 10.6 Å². The number of hydrogen-bond donors (Lipinski definition) is 3. The van der Waals surface area contributed by atoms with Crippen LogP contribution in [0, 0.1) is 0 Å². The second kappa shape index (κ2) is 13.0. The minimum Gasteiger partial charge on any atom is -0.508 e. The third-order valence-electron chi connectivity index (χ3n) is 5.15. The number of amides is 3. The molecule has 1 aromatic carbocycles. The Bertz CT molecular complexity index is 846. The van der Waals surface area contributed by atoms with Gasteiger partial charge in [0.05, 0.1) is 0 Å². The molecule has 0 spiro atoms. The first-order chi connectivity index (χ1) is 16.1. The Morgan fingerprint density at radius 1 is 1.09 bits per heavy atom. The zero-order valence-corrected chi connectivity index (χ0v) is 23.4. The van der Waals surface area contributed by atoms with E-state index in [9.17, 15) is 19.5 Å². The first-order valence-electron chi connectivity index (χ1n) is 12.0. The van der Waals surface area contributed by atoms with Crippen molar-refractivity contribution < 1.29 is 24.2 Å². The van der Waals surface area contributed by atoms with Crippen LogP contribution in [-0.2, 0) is 14.3 Å². The van der Waals surface area contributed by atoms with Crippen LogP contribution >= 0.6 is 11.8 Å². The number of nitrogens with one attached hydrogen (secondary N) is 2. The van der Waals surface area contributed by atoms with Gasteiger partial charge in [-0.2, -0.15) is 11.8 Å². The summed E-state index contributed by atoms with van der Waals surface area (Å²) >= 11 is 1.56. The summed E-state index contributed by atoms with van der Waals surface area (Å²) in [6.45, 7) is 14.7. The monoisotopic (exact) mass is 509 g/mol. The first-order valence-corrected chi connectivity index (χ1v) is 13.4. The van der Waals surface area contributed by atoms with E-state index in [1.807, 2.05) is 40.9 Å². The fourth-order valence-electron chi connectivity index (χ4n) is 3.45. The van der Waals surface area contributed by atoms with Crippen molar-refractivity contribution in [2.45, 2.75) is 97.5 Å². The van der Waals surface area contributed by atoms with Crippen LogP contribution in [0.25, 0.3) is 0 Å². The van der Waals surface area contributed by atoms with Crippen LogP contribution in [0.5, 0.6) is 5.75 Å². The lowest BCUT2D eigenvalue weighted by Crippen LogP contribution is -2.57. The highest BCUT2D eigenvalue weighted by Crippen LogP contribution is 2.28. The fraction of sp³-hybridized carbons (Fsp3) is 0.654. The summed E-state index contributed by atoms with van der Waals surface area (Å²) in [7, 11) is 0. The average Bonchev–Trinajstić information content (AvgIpc) is 2.72. The van der Waals surface area contributed by atoms with Gasteiger partial charge in [-0.15, -0.1) is 0 Å². The smallest absolute Gasteiger partial charge is 0.408 e. The number of aromatic hydroxyl groups is 1. The van der Waals surface area contributed by atoms with Crippen molar-refractivity contribution in [1.29, 1.82) is 0 Å². The van der Waals surface area contributed by atoms with E-state index in [0.29, 0.717) is 24.2 Å². The molecule has 198 valence electrons. The van der Waals surface area contributed by atoms with Crippen molar-refractivity contribution in [3.8, 4) is 5.75 Å². The van der Waals surface area contributed by atoms with Gasteiger partial charge in [0.25, 0.3) is 0 Å². The van der Waals surface area contributed by atoms with Gasteiger partial charge in [0.2, 0.25) is 11.8 Å². The molecule has 3 amide bonds. The Hall–Kier alpha value is -2.42. The number of benzene rings is 1. The van der Waals surface area contributed by atoms with E-state index in [0.717, 1.165) is 0 Å². The van der Waals surface area contributed by atoms with E-state index in [1.165, 1.54) is 12.1 Å². The van der Waals surface area contributed by atoms with E-state index in [-0.39, 0.29) is 23.6 Å². The Labute approximate surface area is 214 Å². The number of carbonyl (C=O) groups is 3. The third-order valence-corrected chi connectivity index (χ3v) is 5.80. The topological polar surface area (TPSA) is 108 Å². The van der Waals surface area contributed by atoms with E-state index < -0.39 is 29.3 Å². The summed E-state index contributed by atoms with van der Waals surface area (Å²) in [4.78, 5) is 41.7. The lowest BCUT2D eigenvalue weighted by molar-refractivity contribution is -0.145. The zero-order chi connectivity index (χ0) is 27.0. The van der Waals surface area contributed by atoms with Crippen LogP contribution in [0.2, 0.25) is 0 Å². The van der Waals surface area contributed by atoms with E-state index in [2.05, 4.69) is 10.6 Å². The van der Waals surface area contributed by atoms with Gasteiger partial charge >= 0.3 is 6.09 Å². The molecule has 1 rings (SSSR count). The maximum atomic E-state index is 14.0. The quantitative estimate of drug-likeness (QED) is 0.425. The van der Waals surface area contributed by atoms with Crippen molar-refractivity contribution in [2.75, 3.05) is 12.0 Å². The molecular formula is C26H43N3O5S. The number of nitrogens with zero attached hydrogens (tertiary/aromatic N) is 1. The van der Waals surface area contributed by atoms with Gasteiger partial charge in [0.15, 0.2) is 0 Å². The maximum absolute atomic E-state index is 14.0. The van der Waals surface area contributed by atoms with Gasteiger partial charge in [0.1, 0.15) is 23.4 Å². The minimum atomic E-state index is -0.950. The molecule has 9 heteroatoms. The zero-order valence-electron chi connectivity index (χ0n) is 22.6. The molecule has 0 aliphatic rings. The van der Waals surface area contributed by atoms with Gasteiger partial charge in [-0.05, 0) is 91.0 Å². The third kappa shape index (κ3) is 10.4. The van der Waals surface area contributed by atoms with Gasteiger partial charge in [-0.25, -0.2) is 4.79 Å². The summed E-state index contributed by atoms with van der Waals surface area (Å²) in [5.74, 6) is 0.00668. The average molecular weight is 510 g/mol. The molecule has 3 N–H and O–H groups in total. The van der Waals surface area contributed by atoms with Crippen molar-refractivity contribution in [2.24, 2.45) is 0 Å². The number of rotatable bonds is 10. The molecule has 3 atom stereocenters. The lowest BCUT2D eigenvalue weighted by Gasteiger charge is -2.39. The Balaban J connectivity index is 3.51. The number of alkyl carbamates (subject to hydrolysis) is 1. The van der Waals surface area contributed by atoms with Gasteiger partial charge in [-0.1, -0.05) is 19.1 Å². The number of phenolic OH excluding ortho intramolecular Hbond substituents is 1. The van der Waals surface area contributed by atoms with Gasteiger partial charge in [-0.3, -0.25) is 9.59 Å². The van der Waals surface area contributed by atoms with Crippen LogP contribution in [0.15, 0.2) is 24.3 Å². The highest BCUT2D eigenvalue weighted by Gasteiger charge is 2.39. The second-order valence-corrected chi connectivity index (χ2v) is 11.7. The molecule has 0 bridgehead atoms. The molecule has 0 aliphatic heterocycles. The van der Waals surface area contributed by atoms with Crippen LogP contribution in [-0.4, -0.2) is 63.1 Å². The van der Waals surface area contributed by atoms with E-state index in [1.54, 1.807) is 49.6 Å². The van der Waals surface area contributed by atoms with Crippen LogP contribution in [0.1, 0.15) is 79.8 Å². The molecule has 8 nitrogen and oxygen atoms in total. The molecule has 0 aliphatic carbocycles. The standard InChI is InChI=1S/C26H43N3O5S/c1-10-17(2)29(23(32)20(15-16-35-9)27-24(33)34-26(6,7)8)21(22(31)28-25(3,4)5)18-11-13-19(30)14-12-18/h11-14,17,20-21,30H,10,15-16H2,1-9H3,(H,27,33)(H,28,31). The van der Waals surface area contributed by atoms with Gasteiger partial charge in [0, 0.05) is 11.6 Å². The Morgan fingerprint density at radius 2 is 1.66 bits per heavy atom.